The van der Waals surface area contributed by atoms with Gasteiger partial charge in [0.15, 0.2) is 0 Å². The van der Waals surface area contributed by atoms with Gasteiger partial charge in [-0.2, -0.15) is 4.31 Å². The molecule has 1 aliphatic heterocycles. The van der Waals surface area contributed by atoms with E-state index in [0.717, 1.165) is 30.4 Å². The van der Waals surface area contributed by atoms with E-state index in [4.69, 9.17) is 10.5 Å². The van der Waals surface area contributed by atoms with E-state index in [1.807, 2.05) is 13.8 Å². The first kappa shape index (κ1) is 14.8. The van der Waals surface area contributed by atoms with Crippen molar-refractivity contribution in [3.63, 3.8) is 0 Å². The first-order valence-electron chi connectivity index (χ1n) is 7.41. The van der Waals surface area contributed by atoms with Crippen molar-refractivity contribution in [1.82, 2.24) is 4.31 Å². The van der Waals surface area contributed by atoms with Crippen LogP contribution in [0.3, 0.4) is 0 Å². The molecule has 1 aromatic carbocycles. The molecule has 2 unspecified atom stereocenters. The maximum absolute atomic E-state index is 13.0. The summed E-state index contributed by atoms with van der Waals surface area (Å²) in [4.78, 5) is 0.302. The molecule has 3 rings (SSSR count). The van der Waals surface area contributed by atoms with Gasteiger partial charge in [0, 0.05) is 12.2 Å². The van der Waals surface area contributed by atoms with Crippen LogP contribution in [0, 0.1) is 13.8 Å². The Morgan fingerprint density at radius 2 is 2.05 bits per heavy atom. The minimum atomic E-state index is -3.50. The van der Waals surface area contributed by atoms with Gasteiger partial charge in [0.2, 0.25) is 10.0 Å². The third kappa shape index (κ3) is 2.45. The number of nitrogens with two attached hydrogens (primary N) is 1. The molecule has 5 nitrogen and oxygen atoms in total. The van der Waals surface area contributed by atoms with Crippen LogP contribution in [0.15, 0.2) is 17.0 Å². The number of morpholine rings is 1. The number of nitrogens with zero attached hydrogens (tertiary/aromatic N) is 1. The fourth-order valence-corrected chi connectivity index (χ4v) is 5.11. The third-order valence-electron chi connectivity index (χ3n) is 4.72. The topological polar surface area (TPSA) is 72.6 Å². The maximum atomic E-state index is 13.0. The molecule has 1 saturated carbocycles. The van der Waals surface area contributed by atoms with Crippen molar-refractivity contribution in [2.75, 3.05) is 18.9 Å². The lowest BCUT2D eigenvalue weighted by atomic mass is 10.1. The van der Waals surface area contributed by atoms with Crippen molar-refractivity contribution in [1.29, 1.82) is 0 Å². The van der Waals surface area contributed by atoms with E-state index in [2.05, 4.69) is 0 Å². The zero-order valence-electron chi connectivity index (χ0n) is 12.5. The van der Waals surface area contributed by atoms with Crippen LogP contribution in [0.2, 0.25) is 0 Å². The second kappa shape index (κ2) is 5.26. The monoisotopic (exact) mass is 310 g/mol. The number of sulfonamides is 1. The molecule has 2 atom stereocenters. The quantitative estimate of drug-likeness (QED) is 0.846. The molecule has 116 valence electrons. The Morgan fingerprint density at radius 1 is 1.29 bits per heavy atom. The van der Waals surface area contributed by atoms with Crippen LogP contribution in [-0.2, 0) is 14.8 Å². The van der Waals surface area contributed by atoms with Crippen molar-refractivity contribution in [2.24, 2.45) is 0 Å². The molecule has 2 aliphatic rings. The summed E-state index contributed by atoms with van der Waals surface area (Å²) in [6.07, 6.45) is 2.91. The summed E-state index contributed by atoms with van der Waals surface area (Å²) in [6, 6.07) is 3.28. The van der Waals surface area contributed by atoms with Gasteiger partial charge in [-0.3, -0.25) is 0 Å². The molecule has 0 bridgehead atoms. The normalized spacial score (nSPS) is 26.8. The molecule has 0 aromatic heterocycles. The number of aryl methyl sites for hydroxylation is 1. The molecule has 21 heavy (non-hydrogen) atoms. The summed E-state index contributed by atoms with van der Waals surface area (Å²) in [5.74, 6) is 0. The van der Waals surface area contributed by atoms with E-state index in [1.54, 1.807) is 16.4 Å². The third-order valence-corrected chi connectivity index (χ3v) is 6.62. The largest absolute Gasteiger partial charge is 0.398 e. The highest BCUT2D eigenvalue weighted by Crippen LogP contribution is 2.34. The van der Waals surface area contributed by atoms with E-state index in [9.17, 15) is 8.42 Å². The number of nitrogen functional groups attached to an aromatic ring is 1. The van der Waals surface area contributed by atoms with Crippen molar-refractivity contribution in [2.45, 2.75) is 50.2 Å². The Bertz CT molecular complexity index is 634. The number of anilines is 1. The number of benzene rings is 1. The summed E-state index contributed by atoms with van der Waals surface area (Å²) in [7, 11) is -3.50. The summed E-state index contributed by atoms with van der Waals surface area (Å²) >= 11 is 0. The van der Waals surface area contributed by atoms with Crippen molar-refractivity contribution >= 4 is 15.7 Å². The lowest BCUT2D eigenvalue weighted by Gasteiger charge is -2.36. The van der Waals surface area contributed by atoms with Crippen LogP contribution in [0.5, 0.6) is 0 Å². The molecule has 1 saturated heterocycles. The Kier molecular flexibility index (Phi) is 3.71. The molecule has 2 N–H and O–H groups in total. The average molecular weight is 310 g/mol. The fraction of sp³-hybridized carbons (Fsp3) is 0.600. The first-order chi connectivity index (χ1) is 9.91. The number of fused-ring (bicyclic) bond motifs is 1. The van der Waals surface area contributed by atoms with Gasteiger partial charge in [-0.05, 0) is 56.4 Å². The number of rotatable bonds is 2. The molecule has 0 spiro atoms. The van der Waals surface area contributed by atoms with Gasteiger partial charge in [0.05, 0.1) is 23.6 Å². The zero-order valence-corrected chi connectivity index (χ0v) is 13.3. The Morgan fingerprint density at radius 3 is 2.76 bits per heavy atom. The second-order valence-corrected chi connectivity index (χ2v) is 7.87. The standard InChI is InChI=1S/C15H22N2O3S/c1-10-8-12(9-13(16)11(10)2)21(18,19)17-6-7-20-15-5-3-4-14(15)17/h8-9,14-15H,3-7,16H2,1-2H3. The smallest absolute Gasteiger partial charge is 0.243 e. The Hall–Kier alpha value is -1.11. The maximum Gasteiger partial charge on any atom is 0.243 e. The van der Waals surface area contributed by atoms with Gasteiger partial charge in [0.25, 0.3) is 0 Å². The predicted molar refractivity (Wildman–Crippen MR) is 81.6 cm³/mol. The highest BCUT2D eigenvalue weighted by atomic mass is 32.2. The highest BCUT2D eigenvalue weighted by molar-refractivity contribution is 7.89. The van der Waals surface area contributed by atoms with Gasteiger partial charge in [0.1, 0.15) is 0 Å². The zero-order chi connectivity index (χ0) is 15.2. The fourth-order valence-electron chi connectivity index (χ4n) is 3.33. The van der Waals surface area contributed by atoms with Crippen LogP contribution in [0.25, 0.3) is 0 Å². The van der Waals surface area contributed by atoms with Crippen LogP contribution < -0.4 is 5.73 Å². The first-order valence-corrected chi connectivity index (χ1v) is 8.85. The Labute approximate surface area is 126 Å². The number of ether oxygens (including phenoxy) is 1. The summed E-state index contributed by atoms with van der Waals surface area (Å²) in [5, 5.41) is 0. The van der Waals surface area contributed by atoms with E-state index in [-0.39, 0.29) is 12.1 Å². The molecule has 1 aliphatic carbocycles. The summed E-state index contributed by atoms with van der Waals surface area (Å²) in [6.45, 7) is 4.70. The lowest BCUT2D eigenvalue weighted by molar-refractivity contribution is -0.0241. The molecule has 6 heteroatoms. The van der Waals surface area contributed by atoms with Gasteiger partial charge in [-0.1, -0.05) is 0 Å². The van der Waals surface area contributed by atoms with Crippen LogP contribution in [0.1, 0.15) is 30.4 Å². The molecule has 0 radical (unpaired) electrons. The van der Waals surface area contributed by atoms with Crippen LogP contribution >= 0.6 is 0 Å². The average Bonchev–Trinajstić information content (AvgIpc) is 2.92. The van der Waals surface area contributed by atoms with Crippen molar-refractivity contribution in [3.05, 3.63) is 23.3 Å². The predicted octanol–water partition coefficient (Wildman–Crippen LogP) is 1.83. The number of hydrogen-bond acceptors (Lipinski definition) is 4. The minimum Gasteiger partial charge on any atom is -0.398 e. The molecular formula is C15H22N2O3S. The van der Waals surface area contributed by atoms with E-state index in [0.29, 0.717) is 23.7 Å². The van der Waals surface area contributed by atoms with Crippen LogP contribution in [0.4, 0.5) is 5.69 Å². The van der Waals surface area contributed by atoms with Gasteiger partial charge < -0.3 is 10.5 Å². The van der Waals surface area contributed by atoms with E-state index >= 15 is 0 Å². The van der Waals surface area contributed by atoms with Crippen molar-refractivity contribution < 1.29 is 13.2 Å². The molecule has 2 fully saturated rings. The van der Waals surface area contributed by atoms with Crippen LogP contribution in [-0.4, -0.2) is 38.0 Å². The number of hydrogen-bond donors (Lipinski definition) is 1. The molecule has 0 amide bonds. The molecular weight excluding hydrogens is 288 g/mol. The van der Waals surface area contributed by atoms with Gasteiger partial charge in [-0.25, -0.2) is 8.42 Å². The summed E-state index contributed by atoms with van der Waals surface area (Å²) in [5.41, 5.74) is 8.33. The lowest BCUT2D eigenvalue weighted by Crippen LogP contribution is -2.51. The van der Waals surface area contributed by atoms with Crippen molar-refractivity contribution in [3.8, 4) is 0 Å². The molecule has 1 heterocycles. The van der Waals surface area contributed by atoms with E-state index in [1.165, 1.54) is 0 Å². The van der Waals surface area contributed by atoms with Gasteiger partial charge >= 0.3 is 0 Å². The van der Waals surface area contributed by atoms with Gasteiger partial charge in [-0.15, -0.1) is 0 Å². The second-order valence-electron chi connectivity index (χ2n) is 5.98. The SMILES string of the molecule is Cc1cc(S(=O)(=O)N2CCOC3CCCC32)cc(N)c1C. The Balaban J connectivity index is 2.00. The summed E-state index contributed by atoms with van der Waals surface area (Å²) < 4.78 is 33.2. The van der Waals surface area contributed by atoms with E-state index < -0.39 is 10.0 Å². The minimum absolute atomic E-state index is 0.0217. The molecule has 1 aromatic rings. The highest BCUT2D eigenvalue weighted by Gasteiger charge is 2.42.